The molecule has 7 heteroatoms. The van der Waals surface area contributed by atoms with Crippen molar-refractivity contribution in [2.75, 3.05) is 0 Å². The molecule has 7 nitrogen and oxygen atoms in total. The van der Waals surface area contributed by atoms with Crippen LogP contribution < -0.4 is 0 Å². The first kappa shape index (κ1) is 17.5. The molecule has 0 amide bonds. The van der Waals surface area contributed by atoms with Crippen molar-refractivity contribution in [2.24, 2.45) is 0 Å². The molecule has 0 unspecified atom stereocenters. The fourth-order valence-electron chi connectivity index (χ4n) is 3.14. The SMILES string of the molecule is Cc1cc(C)n(-c2nc(-c3ccccc3)c([N+](=O)[O-])c(-c3ccccc3)n2)n1. The lowest BCUT2D eigenvalue weighted by molar-refractivity contribution is -0.383. The number of hydrogen-bond donors (Lipinski definition) is 0. The van der Waals surface area contributed by atoms with E-state index in [0.29, 0.717) is 17.1 Å². The second kappa shape index (κ2) is 7.03. The summed E-state index contributed by atoms with van der Waals surface area (Å²) in [6, 6.07) is 20.1. The Hall–Kier alpha value is -3.87. The van der Waals surface area contributed by atoms with Gasteiger partial charge in [0.1, 0.15) is 0 Å². The van der Waals surface area contributed by atoms with Crippen molar-refractivity contribution in [1.82, 2.24) is 19.7 Å². The molecule has 0 aliphatic heterocycles. The van der Waals surface area contributed by atoms with Gasteiger partial charge in [0.05, 0.1) is 10.6 Å². The van der Waals surface area contributed by atoms with Gasteiger partial charge >= 0.3 is 5.69 Å². The van der Waals surface area contributed by atoms with Gasteiger partial charge in [-0.05, 0) is 19.9 Å². The van der Waals surface area contributed by atoms with Crippen molar-refractivity contribution in [2.45, 2.75) is 13.8 Å². The fourth-order valence-corrected chi connectivity index (χ4v) is 3.14. The van der Waals surface area contributed by atoms with E-state index in [9.17, 15) is 10.1 Å². The molecule has 2 aromatic heterocycles. The average Bonchev–Trinajstić information content (AvgIpc) is 3.06. The zero-order valence-corrected chi connectivity index (χ0v) is 15.4. The highest BCUT2D eigenvalue weighted by atomic mass is 16.6. The number of benzene rings is 2. The quantitative estimate of drug-likeness (QED) is 0.389. The van der Waals surface area contributed by atoms with Crippen molar-refractivity contribution in [3.8, 4) is 28.5 Å². The van der Waals surface area contributed by atoms with Crippen molar-refractivity contribution >= 4 is 5.69 Å². The summed E-state index contributed by atoms with van der Waals surface area (Å²) in [4.78, 5) is 20.7. The first-order chi connectivity index (χ1) is 13.5. The van der Waals surface area contributed by atoms with Gasteiger partial charge < -0.3 is 0 Å². The molecule has 0 saturated carbocycles. The van der Waals surface area contributed by atoms with E-state index in [1.54, 1.807) is 28.9 Å². The number of nitrogens with zero attached hydrogens (tertiary/aromatic N) is 5. The van der Waals surface area contributed by atoms with Crippen LogP contribution in [0.1, 0.15) is 11.4 Å². The predicted octanol–water partition coefficient (Wildman–Crippen LogP) is 4.52. The maximum atomic E-state index is 12.0. The van der Waals surface area contributed by atoms with E-state index in [-0.39, 0.29) is 17.1 Å². The Morgan fingerprint density at radius 2 is 1.36 bits per heavy atom. The van der Waals surface area contributed by atoms with E-state index in [2.05, 4.69) is 15.1 Å². The maximum Gasteiger partial charge on any atom is 0.321 e. The summed E-state index contributed by atoms with van der Waals surface area (Å²) < 4.78 is 1.61. The van der Waals surface area contributed by atoms with E-state index in [1.807, 2.05) is 56.3 Å². The van der Waals surface area contributed by atoms with Gasteiger partial charge in [0.15, 0.2) is 11.4 Å². The highest BCUT2D eigenvalue weighted by Gasteiger charge is 2.27. The molecule has 0 N–H and O–H groups in total. The summed E-state index contributed by atoms with van der Waals surface area (Å²) in [6.07, 6.45) is 0. The Balaban J connectivity index is 2.08. The lowest BCUT2D eigenvalue weighted by Crippen LogP contribution is -2.10. The summed E-state index contributed by atoms with van der Waals surface area (Å²) in [5.41, 5.74) is 3.38. The maximum absolute atomic E-state index is 12.0. The summed E-state index contributed by atoms with van der Waals surface area (Å²) in [5, 5.41) is 16.5. The van der Waals surface area contributed by atoms with Gasteiger partial charge in [0, 0.05) is 16.8 Å². The van der Waals surface area contributed by atoms with Crippen molar-refractivity contribution in [3.63, 3.8) is 0 Å². The molecule has 0 aliphatic rings. The van der Waals surface area contributed by atoms with Crippen LogP contribution in [0.4, 0.5) is 5.69 Å². The number of hydrogen-bond acceptors (Lipinski definition) is 5. The first-order valence-electron chi connectivity index (χ1n) is 8.75. The van der Waals surface area contributed by atoms with Gasteiger partial charge in [-0.2, -0.15) is 5.10 Å². The summed E-state index contributed by atoms with van der Waals surface area (Å²) >= 11 is 0. The Morgan fingerprint density at radius 3 is 1.75 bits per heavy atom. The van der Waals surface area contributed by atoms with Crippen LogP contribution in [0.15, 0.2) is 66.7 Å². The smallest absolute Gasteiger partial charge is 0.258 e. The molecule has 0 fully saturated rings. The third kappa shape index (κ3) is 3.14. The summed E-state index contributed by atoms with van der Waals surface area (Å²) in [6.45, 7) is 3.78. The van der Waals surface area contributed by atoms with Gasteiger partial charge in [0.2, 0.25) is 0 Å². The van der Waals surface area contributed by atoms with Crippen LogP contribution >= 0.6 is 0 Å². The molecule has 0 bridgehead atoms. The molecule has 0 radical (unpaired) electrons. The summed E-state index contributed by atoms with van der Waals surface area (Å²) in [5.74, 6) is 0.300. The van der Waals surface area contributed by atoms with Crippen molar-refractivity contribution in [1.29, 1.82) is 0 Å². The second-order valence-electron chi connectivity index (χ2n) is 6.40. The van der Waals surface area contributed by atoms with Gasteiger partial charge in [-0.1, -0.05) is 60.7 Å². The molecular formula is C21H17N5O2. The Labute approximate surface area is 161 Å². The second-order valence-corrected chi connectivity index (χ2v) is 6.40. The van der Waals surface area contributed by atoms with E-state index in [4.69, 9.17) is 0 Å². The topological polar surface area (TPSA) is 86.7 Å². The third-order valence-corrected chi connectivity index (χ3v) is 4.35. The Bertz CT molecular complexity index is 1090. The molecule has 0 spiro atoms. The number of aromatic nitrogens is 4. The molecule has 28 heavy (non-hydrogen) atoms. The van der Waals surface area contributed by atoms with Gasteiger partial charge in [-0.15, -0.1) is 0 Å². The van der Waals surface area contributed by atoms with Crippen LogP contribution in [0.25, 0.3) is 28.5 Å². The molecule has 138 valence electrons. The van der Waals surface area contributed by atoms with Crippen LogP contribution in [-0.2, 0) is 0 Å². The van der Waals surface area contributed by atoms with Crippen molar-refractivity contribution in [3.05, 3.63) is 88.2 Å². The Kier molecular flexibility index (Phi) is 4.41. The van der Waals surface area contributed by atoms with Gasteiger partial charge in [-0.25, -0.2) is 14.6 Å². The fraction of sp³-hybridized carbons (Fsp3) is 0.0952. The van der Waals surface area contributed by atoms with E-state index < -0.39 is 4.92 Å². The normalized spacial score (nSPS) is 10.8. The number of rotatable bonds is 4. The summed E-state index contributed by atoms with van der Waals surface area (Å²) in [7, 11) is 0. The average molecular weight is 371 g/mol. The van der Waals surface area contributed by atoms with Crippen LogP contribution in [0.5, 0.6) is 0 Å². The van der Waals surface area contributed by atoms with Gasteiger partial charge in [0.25, 0.3) is 5.95 Å². The first-order valence-corrected chi connectivity index (χ1v) is 8.75. The molecule has 0 atom stereocenters. The molecule has 4 rings (SSSR count). The molecular weight excluding hydrogens is 354 g/mol. The molecule has 2 heterocycles. The molecule has 0 saturated heterocycles. The van der Waals surface area contributed by atoms with E-state index in [0.717, 1.165) is 11.4 Å². The van der Waals surface area contributed by atoms with Crippen LogP contribution in [0, 0.1) is 24.0 Å². The molecule has 0 aliphatic carbocycles. The number of aryl methyl sites for hydroxylation is 2. The highest BCUT2D eigenvalue weighted by Crippen LogP contribution is 2.36. The zero-order chi connectivity index (χ0) is 19.7. The van der Waals surface area contributed by atoms with Crippen LogP contribution in [-0.4, -0.2) is 24.7 Å². The minimum Gasteiger partial charge on any atom is -0.258 e. The van der Waals surface area contributed by atoms with Gasteiger partial charge in [-0.3, -0.25) is 10.1 Å². The standard InChI is InChI=1S/C21H17N5O2/c1-14-13-15(2)25(24-14)21-22-18(16-9-5-3-6-10-16)20(26(27)28)19(23-21)17-11-7-4-8-12-17/h3-13H,1-2H3. The van der Waals surface area contributed by atoms with Crippen LogP contribution in [0.2, 0.25) is 0 Å². The third-order valence-electron chi connectivity index (χ3n) is 4.35. The number of nitro groups is 1. The van der Waals surface area contributed by atoms with E-state index in [1.165, 1.54) is 0 Å². The lowest BCUT2D eigenvalue weighted by atomic mass is 10.0. The largest absolute Gasteiger partial charge is 0.321 e. The van der Waals surface area contributed by atoms with Crippen LogP contribution in [0.3, 0.4) is 0 Å². The molecule has 4 aromatic rings. The Morgan fingerprint density at radius 1 is 0.857 bits per heavy atom. The minimum absolute atomic E-state index is 0.123. The lowest BCUT2D eigenvalue weighted by Gasteiger charge is -2.11. The predicted molar refractivity (Wildman–Crippen MR) is 106 cm³/mol. The highest BCUT2D eigenvalue weighted by molar-refractivity contribution is 5.81. The molecule has 2 aromatic carbocycles. The van der Waals surface area contributed by atoms with Crippen molar-refractivity contribution < 1.29 is 4.92 Å². The zero-order valence-electron chi connectivity index (χ0n) is 15.4. The monoisotopic (exact) mass is 371 g/mol. The van der Waals surface area contributed by atoms with E-state index >= 15 is 0 Å². The minimum atomic E-state index is -0.421.